The SMILES string of the molecule is CC(C)CN(CCC#N)S(=O)(=O)c1cc(C(=O)O)n(C)c1. The molecule has 8 heteroatoms. The third-order valence-electron chi connectivity index (χ3n) is 2.88. The van der Waals surface area contributed by atoms with E-state index >= 15 is 0 Å². The van der Waals surface area contributed by atoms with Gasteiger partial charge in [0.15, 0.2) is 0 Å². The molecule has 0 spiro atoms. The summed E-state index contributed by atoms with van der Waals surface area (Å²) in [6, 6.07) is 3.06. The van der Waals surface area contributed by atoms with Gasteiger partial charge in [0.1, 0.15) is 10.6 Å². The average Bonchev–Trinajstić information content (AvgIpc) is 2.76. The summed E-state index contributed by atoms with van der Waals surface area (Å²) in [5, 5.41) is 17.7. The third-order valence-corrected chi connectivity index (χ3v) is 4.71. The quantitative estimate of drug-likeness (QED) is 0.816. The third kappa shape index (κ3) is 4.06. The Balaban J connectivity index is 3.19. The van der Waals surface area contributed by atoms with Crippen LogP contribution in [-0.4, -0.2) is 41.5 Å². The number of rotatable bonds is 7. The van der Waals surface area contributed by atoms with Crippen molar-refractivity contribution >= 4 is 16.0 Å². The Kier molecular flexibility index (Phi) is 5.52. The van der Waals surface area contributed by atoms with E-state index in [1.165, 1.54) is 22.1 Å². The molecule has 0 bridgehead atoms. The number of carboxylic acids is 1. The number of carbonyl (C=O) groups is 1. The van der Waals surface area contributed by atoms with Crippen LogP contribution in [0.2, 0.25) is 0 Å². The van der Waals surface area contributed by atoms with Crippen LogP contribution in [-0.2, 0) is 17.1 Å². The molecule has 0 unspecified atom stereocenters. The van der Waals surface area contributed by atoms with Gasteiger partial charge in [0.25, 0.3) is 0 Å². The van der Waals surface area contributed by atoms with Gasteiger partial charge in [-0.25, -0.2) is 13.2 Å². The fourth-order valence-corrected chi connectivity index (χ4v) is 3.60. The summed E-state index contributed by atoms with van der Waals surface area (Å²) in [7, 11) is -2.33. The number of aromatic nitrogens is 1. The molecule has 1 heterocycles. The lowest BCUT2D eigenvalue weighted by Gasteiger charge is -2.22. The van der Waals surface area contributed by atoms with Crippen molar-refractivity contribution in [2.24, 2.45) is 13.0 Å². The predicted molar refractivity (Wildman–Crippen MR) is 76.2 cm³/mol. The molecule has 0 aliphatic rings. The maximum Gasteiger partial charge on any atom is 0.352 e. The van der Waals surface area contributed by atoms with Gasteiger partial charge in [-0.2, -0.15) is 9.57 Å². The van der Waals surface area contributed by atoms with E-state index in [1.807, 2.05) is 19.9 Å². The van der Waals surface area contributed by atoms with Gasteiger partial charge in [0, 0.05) is 32.8 Å². The van der Waals surface area contributed by atoms with Gasteiger partial charge in [-0.1, -0.05) is 13.8 Å². The van der Waals surface area contributed by atoms with Crippen molar-refractivity contribution in [1.29, 1.82) is 5.26 Å². The van der Waals surface area contributed by atoms with E-state index in [0.29, 0.717) is 0 Å². The molecule has 0 radical (unpaired) electrons. The molecule has 1 N–H and O–H groups in total. The molecule has 1 aromatic rings. The summed E-state index contributed by atoms with van der Waals surface area (Å²) < 4.78 is 27.6. The molecule has 0 aliphatic carbocycles. The van der Waals surface area contributed by atoms with Crippen LogP contribution in [0.15, 0.2) is 17.2 Å². The lowest BCUT2D eigenvalue weighted by molar-refractivity contribution is 0.0686. The number of nitriles is 1. The Bertz CT molecular complexity index is 655. The number of carboxylic acid groups (broad SMARTS) is 1. The van der Waals surface area contributed by atoms with Gasteiger partial charge in [-0.3, -0.25) is 0 Å². The first-order valence-electron chi connectivity index (χ1n) is 6.47. The Morgan fingerprint density at radius 3 is 2.57 bits per heavy atom. The molecule has 7 nitrogen and oxygen atoms in total. The second-order valence-corrected chi connectivity index (χ2v) is 7.08. The first kappa shape index (κ1) is 17.2. The van der Waals surface area contributed by atoms with Crippen molar-refractivity contribution in [3.8, 4) is 6.07 Å². The maximum atomic E-state index is 12.6. The number of aromatic carboxylic acids is 1. The predicted octanol–water partition coefficient (Wildman–Crippen LogP) is 1.28. The molecule has 0 amide bonds. The van der Waals surface area contributed by atoms with E-state index < -0.39 is 16.0 Å². The van der Waals surface area contributed by atoms with Crippen molar-refractivity contribution in [2.45, 2.75) is 25.2 Å². The van der Waals surface area contributed by atoms with Gasteiger partial charge in [-0.05, 0) is 12.0 Å². The second kappa shape index (κ2) is 6.74. The van der Waals surface area contributed by atoms with E-state index in [-0.39, 0.29) is 36.0 Å². The fourth-order valence-electron chi connectivity index (χ4n) is 1.93. The normalized spacial score (nSPS) is 11.8. The maximum absolute atomic E-state index is 12.6. The zero-order valence-electron chi connectivity index (χ0n) is 12.3. The zero-order valence-corrected chi connectivity index (χ0v) is 13.1. The van der Waals surface area contributed by atoms with Gasteiger partial charge >= 0.3 is 5.97 Å². The van der Waals surface area contributed by atoms with Crippen LogP contribution in [0.5, 0.6) is 0 Å². The minimum absolute atomic E-state index is 0.0685. The van der Waals surface area contributed by atoms with Crippen molar-refractivity contribution in [3.05, 3.63) is 18.0 Å². The van der Waals surface area contributed by atoms with Gasteiger partial charge < -0.3 is 9.67 Å². The molecular formula is C13H19N3O4S. The Morgan fingerprint density at radius 2 is 2.14 bits per heavy atom. The molecule has 0 saturated carbocycles. The minimum atomic E-state index is -3.81. The number of aryl methyl sites for hydroxylation is 1. The van der Waals surface area contributed by atoms with Gasteiger partial charge in [-0.15, -0.1) is 0 Å². The van der Waals surface area contributed by atoms with Crippen LogP contribution >= 0.6 is 0 Å². The number of hydrogen-bond donors (Lipinski definition) is 1. The molecule has 1 rings (SSSR count). The van der Waals surface area contributed by atoms with Crippen LogP contribution in [0.3, 0.4) is 0 Å². The van der Waals surface area contributed by atoms with Crippen molar-refractivity contribution in [2.75, 3.05) is 13.1 Å². The topological polar surface area (TPSA) is 103 Å². The number of hydrogen-bond acceptors (Lipinski definition) is 4. The second-order valence-electron chi connectivity index (χ2n) is 5.14. The van der Waals surface area contributed by atoms with E-state index in [9.17, 15) is 13.2 Å². The number of sulfonamides is 1. The van der Waals surface area contributed by atoms with Crippen LogP contribution in [0.4, 0.5) is 0 Å². The van der Waals surface area contributed by atoms with Crippen LogP contribution in [0.25, 0.3) is 0 Å². The first-order valence-corrected chi connectivity index (χ1v) is 7.91. The molecule has 21 heavy (non-hydrogen) atoms. The molecule has 0 fully saturated rings. The Labute approximate surface area is 124 Å². The standard InChI is InChI=1S/C13H19N3O4S/c1-10(2)8-16(6-4-5-14)21(19,20)11-7-12(13(17)18)15(3)9-11/h7,9-10H,4,6,8H2,1-3H3,(H,17,18). The largest absolute Gasteiger partial charge is 0.477 e. The van der Waals surface area contributed by atoms with E-state index in [2.05, 4.69) is 0 Å². The minimum Gasteiger partial charge on any atom is -0.477 e. The molecular weight excluding hydrogens is 294 g/mol. The van der Waals surface area contributed by atoms with Crippen molar-refractivity contribution in [1.82, 2.24) is 8.87 Å². The molecule has 0 aliphatic heterocycles. The van der Waals surface area contributed by atoms with E-state index in [1.54, 1.807) is 0 Å². The van der Waals surface area contributed by atoms with Crippen LogP contribution < -0.4 is 0 Å². The van der Waals surface area contributed by atoms with E-state index in [4.69, 9.17) is 10.4 Å². The molecule has 0 saturated heterocycles. The van der Waals surface area contributed by atoms with Crippen LogP contribution in [0.1, 0.15) is 30.8 Å². The summed E-state index contributed by atoms with van der Waals surface area (Å²) in [6.45, 7) is 4.13. The summed E-state index contributed by atoms with van der Waals surface area (Å²) in [6.07, 6.45) is 1.36. The smallest absolute Gasteiger partial charge is 0.352 e. The highest BCUT2D eigenvalue weighted by atomic mass is 32.2. The highest BCUT2D eigenvalue weighted by molar-refractivity contribution is 7.89. The molecule has 0 atom stereocenters. The highest BCUT2D eigenvalue weighted by Crippen LogP contribution is 2.20. The van der Waals surface area contributed by atoms with Crippen LogP contribution in [0, 0.1) is 17.2 Å². The average molecular weight is 313 g/mol. The summed E-state index contributed by atoms with van der Waals surface area (Å²) in [4.78, 5) is 10.9. The molecule has 1 aromatic heterocycles. The van der Waals surface area contributed by atoms with E-state index in [0.717, 1.165) is 6.07 Å². The van der Waals surface area contributed by atoms with Gasteiger partial charge in [0.05, 0.1) is 6.07 Å². The lowest BCUT2D eigenvalue weighted by atomic mass is 10.2. The van der Waals surface area contributed by atoms with Crippen molar-refractivity contribution < 1.29 is 18.3 Å². The summed E-state index contributed by atoms with van der Waals surface area (Å²) in [5.74, 6) is -1.09. The molecule has 116 valence electrons. The highest BCUT2D eigenvalue weighted by Gasteiger charge is 2.27. The van der Waals surface area contributed by atoms with Crippen molar-refractivity contribution in [3.63, 3.8) is 0 Å². The first-order chi connectivity index (χ1) is 9.70. The monoisotopic (exact) mass is 313 g/mol. The summed E-state index contributed by atoms with van der Waals surface area (Å²) >= 11 is 0. The van der Waals surface area contributed by atoms with Gasteiger partial charge in [0.2, 0.25) is 10.0 Å². The Morgan fingerprint density at radius 1 is 1.52 bits per heavy atom. The summed E-state index contributed by atoms with van der Waals surface area (Å²) in [5.41, 5.74) is -0.0987. The lowest BCUT2D eigenvalue weighted by Crippen LogP contribution is -2.34. The molecule has 0 aromatic carbocycles. The number of nitrogens with zero attached hydrogens (tertiary/aromatic N) is 3. The Hall–Kier alpha value is -1.85. The zero-order chi connectivity index (χ0) is 16.2. The fraction of sp³-hybridized carbons (Fsp3) is 0.538.